The van der Waals surface area contributed by atoms with Gasteiger partial charge in [0.05, 0.1) is 38.1 Å². The van der Waals surface area contributed by atoms with Gasteiger partial charge in [-0.3, -0.25) is 9.98 Å². The van der Waals surface area contributed by atoms with Gasteiger partial charge in [-0.2, -0.15) is 0 Å². The number of halogens is 2. The third-order valence-electron chi connectivity index (χ3n) is 6.99. The maximum absolute atomic E-state index is 14.1. The second-order valence-electron chi connectivity index (χ2n) is 10.6. The van der Waals surface area contributed by atoms with Gasteiger partial charge in [-0.15, -0.1) is 11.3 Å². The first-order chi connectivity index (χ1) is 21.9. The summed E-state index contributed by atoms with van der Waals surface area (Å²) in [4.78, 5) is 21.4. The quantitative estimate of drug-likeness (QED) is 0.107. The summed E-state index contributed by atoms with van der Waals surface area (Å²) >= 11 is 2.45. The highest BCUT2D eigenvalue weighted by atomic mass is 32.2. The zero-order valence-corrected chi connectivity index (χ0v) is 26.9. The number of pyridine rings is 1. The van der Waals surface area contributed by atoms with E-state index >= 15 is 0 Å². The molecule has 0 amide bonds. The Kier molecular flexibility index (Phi) is 11.3. The number of hydrogen-bond donors (Lipinski definition) is 3. The molecular weight excluding hydrogens is 611 g/mol. The van der Waals surface area contributed by atoms with E-state index in [1.165, 1.54) is 18.2 Å². The van der Waals surface area contributed by atoms with Crippen molar-refractivity contribution in [1.82, 2.24) is 15.3 Å². The Labute approximate surface area is 271 Å². The Morgan fingerprint density at radius 1 is 1.11 bits per heavy atom. The van der Waals surface area contributed by atoms with Gasteiger partial charge in [0.1, 0.15) is 24.1 Å². The van der Waals surface area contributed by atoms with Crippen LogP contribution in [0.1, 0.15) is 36.1 Å². The van der Waals surface area contributed by atoms with Gasteiger partial charge < -0.3 is 20.3 Å². The van der Waals surface area contributed by atoms with Crippen molar-refractivity contribution in [2.24, 2.45) is 9.98 Å². The summed E-state index contributed by atoms with van der Waals surface area (Å²) in [6.07, 6.45) is 6.47. The fraction of sp³-hybridized carbons (Fsp3) is 0.273. The van der Waals surface area contributed by atoms with Gasteiger partial charge >= 0.3 is 0 Å². The van der Waals surface area contributed by atoms with E-state index in [-0.39, 0.29) is 10.8 Å². The van der Waals surface area contributed by atoms with Crippen molar-refractivity contribution >= 4 is 59.1 Å². The fourth-order valence-corrected chi connectivity index (χ4v) is 6.40. The van der Waals surface area contributed by atoms with E-state index in [9.17, 15) is 8.78 Å². The van der Waals surface area contributed by atoms with Crippen LogP contribution in [0.5, 0.6) is 0 Å². The lowest BCUT2D eigenvalue weighted by molar-refractivity contribution is 0.541. The van der Waals surface area contributed by atoms with Crippen LogP contribution in [-0.2, 0) is 0 Å². The average Bonchev–Trinajstić information content (AvgIpc) is 3.31. The molecule has 3 heterocycles. The molecule has 0 aliphatic carbocycles. The third kappa shape index (κ3) is 8.53. The summed E-state index contributed by atoms with van der Waals surface area (Å²) in [6.45, 7) is 12.3. The van der Waals surface area contributed by atoms with Crippen LogP contribution in [-0.4, -0.2) is 55.7 Å². The first-order valence-electron chi connectivity index (χ1n) is 14.7. The van der Waals surface area contributed by atoms with E-state index in [1.54, 1.807) is 17.6 Å². The van der Waals surface area contributed by atoms with Crippen molar-refractivity contribution in [1.29, 1.82) is 0 Å². The van der Waals surface area contributed by atoms with Crippen molar-refractivity contribution < 1.29 is 8.78 Å². The van der Waals surface area contributed by atoms with Crippen molar-refractivity contribution in [2.45, 2.75) is 31.1 Å². The number of nitrogens with one attached hydrogen (secondary N) is 3. The molecule has 1 aliphatic heterocycles. The first-order valence-corrected chi connectivity index (χ1v) is 16.4. The normalized spacial score (nSPS) is 14.2. The lowest BCUT2D eigenvalue weighted by Gasteiger charge is -2.21. The number of thiazole rings is 1. The summed E-state index contributed by atoms with van der Waals surface area (Å²) in [5.74, 6) is -0.0428. The van der Waals surface area contributed by atoms with Crippen LogP contribution in [0.4, 0.5) is 26.0 Å². The molecule has 2 aromatic heterocycles. The fourth-order valence-electron chi connectivity index (χ4n) is 4.64. The number of benzene rings is 2. The van der Waals surface area contributed by atoms with Crippen molar-refractivity contribution in [3.63, 3.8) is 0 Å². The molecule has 1 saturated heterocycles. The first kappa shape index (κ1) is 32.3. The Hall–Kier alpha value is -4.13. The standard InChI is InChI=1S/C33H36F2N8S2/c1-22(2)33-41-30(23-7-4-8-24(19-23)42-45-31-26(34)9-5-10-27(31)35)32(44-33)28(36-3)13-15-38-21-40-25-11-12-29(39-20-25)43-17-6-14-37-16-18-43/h4-5,7-13,15,19-20,22,37,40,42H,3,6,14,16-18,21H2,1-2H3/b28-13-,38-15-. The Bertz CT molecular complexity index is 1620. The second kappa shape index (κ2) is 15.7. The van der Waals surface area contributed by atoms with Crippen LogP contribution in [0.15, 0.2) is 81.8 Å². The van der Waals surface area contributed by atoms with Gasteiger partial charge in [0.25, 0.3) is 0 Å². The molecule has 3 N–H and O–H groups in total. The molecule has 0 spiro atoms. The van der Waals surface area contributed by atoms with Gasteiger partial charge in [0.15, 0.2) is 0 Å². The molecule has 4 aromatic rings. The van der Waals surface area contributed by atoms with Crippen molar-refractivity contribution in [3.05, 3.63) is 88.4 Å². The molecule has 0 unspecified atom stereocenters. The summed E-state index contributed by atoms with van der Waals surface area (Å²) in [7, 11) is 0. The molecule has 8 nitrogen and oxygen atoms in total. The Morgan fingerprint density at radius 3 is 2.69 bits per heavy atom. The predicted octanol–water partition coefficient (Wildman–Crippen LogP) is 7.71. The minimum atomic E-state index is -0.619. The number of aromatic nitrogens is 2. The number of anilines is 3. The van der Waals surface area contributed by atoms with Gasteiger partial charge in [-0.25, -0.2) is 18.7 Å². The molecule has 234 valence electrons. The predicted molar refractivity (Wildman–Crippen MR) is 186 cm³/mol. The smallest absolute Gasteiger partial charge is 0.141 e. The molecule has 45 heavy (non-hydrogen) atoms. The SMILES string of the molecule is C=N/C(=C\C=N/CNc1ccc(N2CCCNCC2)nc1)c1sc(C(C)C)nc1-c1cccc(NSc2c(F)cccc2F)c1. The van der Waals surface area contributed by atoms with Crippen molar-refractivity contribution in [2.75, 3.05) is 47.8 Å². The molecule has 1 aliphatic rings. The van der Waals surface area contributed by atoms with E-state index in [1.807, 2.05) is 48.7 Å². The second-order valence-corrected chi connectivity index (χ2v) is 12.4. The Balaban J connectivity index is 1.27. The minimum absolute atomic E-state index is 0.0898. The van der Waals surface area contributed by atoms with E-state index < -0.39 is 11.6 Å². The molecule has 12 heteroatoms. The molecular formula is C33H36F2N8S2. The number of allylic oxidation sites excluding steroid dienone is 1. The Morgan fingerprint density at radius 2 is 1.93 bits per heavy atom. The van der Waals surface area contributed by atoms with Crippen LogP contribution in [0.2, 0.25) is 0 Å². The molecule has 1 fully saturated rings. The highest BCUT2D eigenvalue weighted by molar-refractivity contribution is 8.00. The van der Waals surface area contributed by atoms with E-state index in [0.717, 1.165) is 77.2 Å². The highest BCUT2D eigenvalue weighted by Gasteiger charge is 2.18. The number of hydrogen-bond acceptors (Lipinski definition) is 10. The number of rotatable bonds is 12. The maximum Gasteiger partial charge on any atom is 0.141 e. The lowest BCUT2D eigenvalue weighted by Crippen LogP contribution is -2.28. The number of nitrogens with zero attached hydrogens (tertiary/aromatic N) is 5. The van der Waals surface area contributed by atoms with Crippen LogP contribution >= 0.6 is 23.3 Å². The van der Waals surface area contributed by atoms with Gasteiger partial charge in [0.2, 0.25) is 0 Å². The van der Waals surface area contributed by atoms with Crippen LogP contribution in [0.25, 0.3) is 17.0 Å². The summed E-state index contributed by atoms with van der Waals surface area (Å²) in [6, 6.07) is 15.4. The summed E-state index contributed by atoms with van der Waals surface area (Å²) in [5, 5.41) is 7.65. The highest BCUT2D eigenvalue weighted by Crippen LogP contribution is 2.38. The maximum atomic E-state index is 14.1. The van der Waals surface area contributed by atoms with E-state index in [2.05, 4.69) is 55.8 Å². The van der Waals surface area contributed by atoms with Gasteiger partial charge in [-0.1, -0.05) is 32.0 Å². The number of aliphatic imine (C=N–C) groups is 2. The van der Waals surface area contributed by atoms with Gasteiger partial charge in [-0.05, 0) is 74.1 Å². The minimum Gasteiger partial charge on any atom is -0.365 e. The molecule has 0 bridgehead atoms. The molecule has 2 aromatic carbocycles. The molecule has 0 saturated carbocycles. The van der Waals surface area contributed by atoms with E-state index in [4.69, 9.17) is 4.98 Å². The molecule has 5 rings (SSSR count). The summed E-state index contributed by atoms with van der Waals surface area (Å²) < 4.78 is 31.3. The molecule has 0 atom stereocenters. The van der Waals surface area contributed by atoms with E-state index in [0.29, 0.717) is 18.1 Å². The van der Waals surface area contributed by atoms with Gasteiger partial charge in [0, 0.05) is 43.0 Å². The average molecular weight is 647 g/mol. The lowest BCUT2D eigenvalue weighted by atomic mass is 10.1. The summed E-state index contributed by atoms with van der Waals surface area (Å²) in [5.41, 5.74) is 3.82. The largest absolute Gasteiger partial charge is 0.365 e. The van der Waals surface area contributed by atoms with Crippen LogP contribution < -0.4 is 20.3 Å². The molecule has 0 radical (unpaired) electrons. The monoisotopic (exact) mass is 646 g/mol. The third-order valence-corrected chi connectivity index (χ3v) is 9.30. The van der Waals surface area contributed by atoms with Crippen LogP contribution in [0.3, 0.4) is 0 Å². The zero-order chi connectivity index (χ0) is 31.6. The zero-order valence-electron chi connectivity index (χ0n) is 25.3. The van der Waals surface area contributed by atoms with Crippen LogP contribution in [0, 0.1) is 11.6 Å². The van der Waals surface area contributed by atoms with Crippen molar-refractivity contribution in [3.8, 4) is 11.3 Å². The topological polar surface area (TPSA) is 89.8 Å².